The molecule has 1 amide bonds. The SMILES string of the molecule is COC(=O)C(I)CNC(=O)c1cccnc1. The smallest absolute Gasteiger partial charge is 0.320 e. The highest BCUT2D eigenvalue weighted by molar-refractivity contribution is 14.1. The van der Waals surface area contributed by atoms with Crippen LogP contribution in [-0.4, -0.2) is 34.4 Å². The van der Waals surface area contributed by atoms with Crippen LogP contribution in [-0.2, 0) is 9.53 Å². The van der Waals surface area contributed by atoms with E-state index in [4.69, 9.17) is 0 Å². The van der Waals surface area contributed by atoms with Crippen molar-refractivity contribution in [3.63, 3.8) is 0 Å². The van der Waals surface area contributed by atoms with Crippen LogP contribution in [0.5, 0.6) is 0 Å². The molecule has 6 heteroatoms. The van der Waals surface area contributed by atoms with E-state index in [1.54, 1.807) is 18.3 Å². The number of hydrogen-bond acceptors (Lipinski definition) is 4. The van der Waals surface area contributed by atoms with Crippen LogP contribution < -0.4 is 5.32 Å². The van der Waals surface area contributed by atoms with Gasteiger partial charge in [0.2, 0.25) is 0 Å². The van der Waals surface area contributed by atoms with E-state index in [2.05, 4.69) is 15.0 Å². The van der Waals surface area contributed by atoms with Gasteiger partial charge in [0.1, 0.15) is 3.92 Å². The van der Waals surface area contributed by atoms with Crippen molar-refractivity contribution in [3.05, 3.63) is 30.1 Å². The third kappa shape index (κ3) is 3.76. The second kappa shape index (κ2) is 6.41. The Hall–Kier alpha value is -1.18. The molecule has 0 aliphatic heterocycles. The predicted octanol–water partition coefficient (Wildman–Crippen LogP) is 0.788. The zero-order valence-electron chi connectivity index (χ0n) is 8.64. The number of ether oxygens (including phenoxy) is 1. The standard InChI is InChI=1S/C10H11IN2O3/c1-16-10(15)8(11)6-13-9(14)7-3-2-4-12-5-7/h2-5,8H,6H2,1H3,(H,13,14). The van der Waals surface area contributed by atoms with Gasteiger partial charge in [-0.1, -0.05) is 22.6 Å². The molecule has 0 fully saturated rings. The topological polar surface area (TPSA) is 68.3 Å². The second-order valence-electron chi connectivity index (χ2n) is 2.94. The van der Waals surface area contributed by atoms with Crippen molar-refractivity contribution in [2.24, 2.45) is 0 Å². The summed E-state index contributed by atoms with van der Waals surface area (Å²) in [6, 6.07) is 3.33. The number of pyridine rings is 1. The number of rotatable bonds is 4. The maximum atomic E-state index is 11.6. The quantitative estimate of drug-likeness (QED) is 0.502. The van der Waals surface area contributed by atoms with Crippen molar-refractivity contribution >= 4 is 34.5 Å². The average molecular weight is 334 g/mol. The largest absolute Gasteiger partial charge is 0.468 e. The van der Waals surface area contributed by atoms with E-state index in [9.17, 15) is 9.59 Å². The Kier molecular flexibility index (Phi) is 5.17. The van der Waals surface area contributed by atoms with Crippen molar-refractivity contribution in [1.29, 1.82) is 0 Å². The van der Waals surface area contributed by atoms with Crippen molar-refractivity contribution in [2.45, 2.75) is 3.92 Å². The van der Waals surface area contributed by atoms with E-state index < -0.39 is 0 Å². The van der Waals surface area contributed by atoms with Gasteiger partial charge in [-0.15, -0.1) is 0 Å². The summed E-state index contributed by atoms with van der Waals surface area (Å²) in [4.78, 5) is 26.5. The number of esters is 1. The number of carbonyl (C=O) groups is 2. The molecular weight excluding hydrogens is 323 g/mol. The molecule has 86 valence electrons. The van der Waals surface area contributed by atoms with E-state index in [1.807, 2.05) is 22.6 Å². The van der Waals surface area contributed by atoms with Crippen LogP contribution >= 0.6 is 22.6 Å². The lowest BCUT2D eigenvalue weighted by Crippen LogP contribution is -2.33. The number of aromatic nitrogens is 1. The Bertz CT molecular complexity index is 370. The molecule has 5 nitrogen and oxygen atoms in total. The Labute approximate surface area is 107 Å². The van der Waals surface area contributed by atoms with E-state index in [0.29, 0.717) is 5.56 Å². The summed E-state index contributed by atoms with van der Waals surface area (Å²) < 4.78 is 4.15. The van der Waals surface area contributed by atoms with Gasteiger partial charge >= 0.3 is 5.97 Å². The van der Waals surface area contributed by atoms with Crippen molar-refractivity contribution < 1.29 is 14.3 Å². The predicted molar refractivity (Wildman–Crippen MR) is 66.4 cm³/mol. The number of methoxy groups -OCH3 is 1. The molecule has 1 unspecified atom stereocenters. The van der Waals surface area contributed by atoms with Gasteiger partial charge in [0, 0.05) is 18.9 Å². The lowest BCUT2D eigenvalue weighted by Gasteiger charge is -2.08. The van der Waals surface area contributed by atoms with Crippen LogP contribution in [0.2, 0.25) is 0 Å². The highest BCUT2D eigenvalue weighted by Gasteiger charge is 2.16. The summed E-state index contributed by atoms with van der Waals surface area (Å²) in [7, 11) is 1.32. The number of alkyl halides is 1. The molecular formula is C10H11IN2O3. The van der Waals surface area contributed by atoms with Crippen LogP contribution in [0.4, 0.5) is 0 Å². The molecule has 0 aromatic carbocycles. The summed E-state index contributed by atoms with van der Waals surface area (Å²) in [5.41, 5.74) is 0.468. The fourth-order valence-electron chi connectivity index (χ4n) is 0.993. The molecule has 1 aromatic heterocycles. The monoisotopic (exact) mass is 334 g/mol. The summed E-state index contributed by atoms with van der Waals surface area (Å²) in [6.45, 7) is 0.237. The van der Waals surface area contributed by atoms with Crippen molar-refractivity contribution in [1.82, 2.24) is 10.3 Å². The number of nitrogens with zero attached hydrogens (tertiary/aromatic N) is 1. The zero-order valence-corrected chi connectivity index (χ0v) is 10.8. The summed E-state index contributed by atoms with van der Waals surface area (Å²) >= 11 is 1.92. The van der Waals surface area contributed by atoms with Crippen LogP contribution in [0, 0.1) is 0 Å². The molecule has 1 N–H and O–H groups in total. The number of hydrogen-bond donors (Lipinski definition) is 1. The Balaban J connectivity index is 2.45. The van der Waals surface area contributed by atoms with Gasteiger partial charge in [-0.3, -0.25) is 14.6 Å². The fourth-order valence-corrected chi connectivity index (χ4v) is 1.47. The van der Waals surface area contributed by atoms with Crippen LogP contribution in [0.1, 0.15) is 10.4 Å². The molecule has 0 bridgehead atoms. The minimum atomic E-state index is -0.386. The second-order valence-corrected chi connectivity index (χ2v) is 4.45. The lowest BCUT2D eigenvalue weighted by molar-refractivity contribution is -0.139. The number of halogens is 1. The molecule has 16 heavy (non-hydrogen) atoms. The van der Waals surface area contributed by atoms with Gasteiger partial charge in [0.15, 0.2) is 0 Å². The molecule has 1 heterocycles. The first-order valence-corrected chi connectivity index (χ1v) is 5.80. The molecule has 1 atom stereocenters. The van der Waals surface area contributed by atoms with Crippen molar-refractivity contribution in [2.75, 3.05) is 13.7 Å². The van der Waals surface area contributed by atoms with Gasteiger partial charge in [0.05, 0.1) is 12.7 Å². The first-order valence-electron chi connectivity index (χ1n) is 4.55. The normalized spacial score (nSPS) is 11.6. The maximum Gasteiger partial charge on any atom is 0.320 e. The first-order chi connectivity index (χ1) is 7.65. The van der Waals surface area contributed by atoms with Gasteiger partial charge in [-0.05, 0) is 12.1 Å². The van der Waals surface area contributed by atoms with Gasteiger partial charge < -0.3 is 10.1 Å². The van der Waals surface area contributed by atoms with E-state index in [-0.39, 0.29) is 22.3 Å². The Morgan fingerprint density at radius 1 is 1.62 bits per heavy atom. The molecule has 0 saturated heterocycles. The molecule has 0 aliphatic carbocycles. The van der Waals surface area contributed by atoms with Gasteiger partial charge in [0.25, 0.3) is 5.91 Å². The fraction of sp³-hybridized carbons (Fsp3) is 0.300. The molecule has 1 rings (SSSR count). The number of nitrogens with one attached hydrogen (secondary N) is 1. The lowest BCUT2D eigenvalue weighted by atomic mass is 10.2. The minimum absolute atomic E-state index is 0.237. The van der Waals surface area contributed by atoms with E-state index in [1.165, 1.54) is 13.3 Å². The van der Waals surface area contributed by atoms with Crippen LogP contribution in [0.3, 0.4) is 0 Å². The van der Waals surface area contributed by atoms with E-state index >= 15 is 0 Å². The number of amides is 1. The third-order valence-corrected chi connectivity index (χ3v) is 2.77. The Morgan fingerprint density at radius 3 is 2.94 bits per heavy atom. The van der Waals surface area contributed by atoms with Crippen LogP contribution in [0.25, 0.3) is 0 Å². The zero-order chi connectivity index (χ0) is 12.0. The minimum Gasteiger partial charge on any atom is -0.468 e. The molecule has 0 spiro atoms. The van der Waals surface area contributed by atoms with Gasteiger partial charge in [-0.25, -0.2) is 0 Å². The first kappa shape index (κ1) is 12.9. The van der Waals surface area contributed by atoms with Gasteiger partial charge in [-0.2, -0.15) is 0 Å². The highest BCUT2D eigenvalue weighted by Crippen LogP contribution is 2.02. The van der Waals surface area contributed by atoms with Crippen LogP contribution in [0.15, 0.2) is 24.5 Å². The summed E-state index contributed by atoms with van der Waals surface area (Å²) in [5.74, 6) is -0.606. The van der Waals surface area contributed by atoms with Crippen molar-refractivity contribution in [3.8, 4) is 0 Å². The highest BCUT2D eigenvalue weighted by atomic mass is 127. The molecule has 0 saturated carbocycles. The molecule has 0 aliphatic rings. The maximum absolute atomic E-state index is 11.6. The summed E-state index contributed by atoms with van der Waals surface area (Å²) in [5, 5.41) is 2.63. The van der Waals surface area contributed by atoms with E-state index in [0.717, 1.165) is 0 Å². The molecule has 1 aromatic rings. The number of carbonyl (C=O) groups excluding carboxylic acids is 2. The Morgan fingerprint density at radius 2 is 2.38 bits per heavy atom. The summed E-state index contributed by atoms with van der Waals surface area (Å²) in [6.07, 6.45) is 3.06. The third-order valence-electron chi connectivity index (χ3n) is 1.82. The average Bonchev–Trinajstić information content (AvgIpc) is 2.35. The molecule has 0 radical (unpaired) electrons.